The van der Waals surface area contributed by atoms with Gasteiger partial charge in [0.25, 0.3) is 5.91 Å². The molecule has 0 aromatic carbocycles. The Morgan fingerprint density at radius 1 is 1.37 bits per heavy atom. The van der Waals surface area contributed by atoms with E-state index in [1.165, 1.54) is 11.3 Å². The molecule has 0 saturated carbocycles. The second kappa shape index (κ2) is 7.41. The largest absolute Gasteiger partial charge is 0.350 e. The van der Waals surface area contributed by atoms with Gasteiger partial charge in [-0.1, -0.05) is 0 Å². The first-order valence-corrected chi connectivity index (χ1v) is 8.23. The quantitative estimate of drug-likeness (QED) is 0.852. The van der Waals surface area contributed by atoms with Crippen molar-refractivity contribution in [2.45, 2.75) is 46.7 Å². The van der Waals surface area contributed by atoms with E-state index in [9.17, 15) is 4.79 Å². The molecule has 1 aromatic heterocycles. The Bertz CT molecular complexity index is 402. The Kier molecular flexibility index (Phi) is 6.50. The molecule has 0 bridgehead atoms. The molecule has 3 nitrogen and oxygen atoms in total. The summed E-state index contributed by atoms with van der Waals surface area (Å²) in [6.07, 6.45) is 0. The predicted octanol–water partition coefficient (Wildman–Crippen LogP) is 3.67. The minimum Gasteiger partial charge on any atom is -0.350 e. The van der Waals surface area contributed by atoms with Crippen molar-refractivity contribution < 1.29 is 4.79 Å². The lowest BCUT2D eigenvalue weighted by Crippen LogP contribution is -2.42. The fourth-order valence-corrected chi connectivity index (χ4v) is 3.52. The zero-order valence-electron chi connectivity index (χ0n) is 12.3. The summed E-state index contributed by atoms with van der Waals surface area (Å²) in [4.78, 5) is 15.1. The molecular formula is C14H23BrN2OS. The van der Waals surface area contributed by atoms with Crippen LogP contribution in [-0.2, 0) is 0 Å². The lowest BCUT2D eigenvalue weighted by Gasteiger charge is -2.30. The van der Waals surface area contributed by atoms with Crippen LogP contribution in [0.15, 0.2) is 9.85 Å². The van der Waals surface area contributed by atoms with Gasteiger partial charge in [-0.15, -0.1) is 11.3 Å². The van der Waals surface area contributed by atoms with Crippen molar-refractivity contribution in [3.05, 3.63) is 20.3 Å². The number of amides is 1. The molecule has 1 rings (SSSR count). The van der Waals surface area contributed by atoms with Gasteiger partial charge in [-0.2, -0.15) is 0 Å². The molecule has 108 valence electrons. The summed E-state index contributed by atoms with van der Waals surface area (Å²) in [7, 11) is 0. The molecule has 5 heteroatoms. The van der Waals surface area contributed by atoms with Crippen LogP contribution in [0.4, 0.5) is 0 Å². The first-order chi connectivity index (χ1) is 8.82. The van der Waals surface area contributed by atoms with Crippen molar-refractivity contribution in [1.29, 1.82) is 0 Å². The summed E-state index contributed by atoms with van der Waals surface area (Å²) in [6, 6.07) is 2.91. The first kappa shape index (κ1) is 16.7. The van der Waals surface area contributed by atoms with Crippen molar-refractivity contribution in [3.8, 4) is 0 Å². The average molecular weight is 347 g/mol. The molecule has 0 atom stereocenters. The van der Waals surface area contributed by atoms with Gasteiger partial charge in [0.2, 0.25) is 0 Å². The lowest BCUT2D eigenvalue weighted by atomic mass is 10.2. The van der Waals surface area contributed by atoms with E-state index in [0.29, 0.717) is 18.6 Å². The minimum absolute atomic E-state index is 0.0197. The van der Waals surface area contributed by atoms with Crippen LogP contribution >= 0.6 is 27.3 Å². The molecule has 0 spiro atoms. The normalized spacial score (nSPS) is 11.6. The fourth-order valence-electron chi connectivity index (χ4n) is 2.07. The number of halogens is 1. The molecule has 1 N–H and O–H groups in total. The standard InChI is InChI=1S/C14H23BrN2OS/c1-9(2)17(10(3)4)7-6-16-14(18)12-8-11(5)13(15)19-12/h8-10H,6-7H2,1-5H3,(H,16,18). The van der Waals surface area contributed by atoms with E-state index in [4.69, 9.17) is 0 Å². The highest BCUT2D eigenvalue weighted by molar-refractivity contribution is 9.11. The van der Waals surface area contributed by atoms with E-state index >= 15 is 0 Å². The van der Waals surface area contributed by atoms with Crippen LogP contribution in [0, 0.1) is 6.92 Å². The van der Waals surface area contributed by atoms with Crippen molar-refractivity contribution in [2.24, 2.45) is 0 Å². The number of hydrogen-bond acceptors (Lipinski definition) is 3. The van der Waals surface area contributed by atoms with E-state index in [0.717, 1.165) is 20.8 Å². The maximum atomic E-state index is 12.0. The third kappa shape index (κ3) is 4.89. The van der Waals surface area contributed by atoms with Gasteiger partial charge in [0.15, 0.2) is 0 Å². The molecule has 0 radical (unpaired) electrons. The van der Waals surface area contributed by atoms with Gasteiger partial charge in [-0.05, 0) is 62.2 Å². The number of nitrogens with one attached hydrogen (secondary N) is 1. The van der Waals surface area contributed by atoms with Gasteiger partial charge in [0.1, 0.15) is 0 Å². The van der Waals surface area contributed by atoms with Crippen LogP contribution in [-0.4, -0.2) is 36.0 Å². The van der Waals surface area contributed by atoms with E-state index < -0.39 is 0 Å². The van der Waals surface area contributed by atoms with E-state index in [1.807, 2.05) is 13.0 Å². The molecule has 1 heterocycles. The van der Waals surface area contributed by atoms with Crippen LogP contribution < -0.4 is 5.32 Å². The highest BCUT2D eigenvalue weighted by Gasteiger charge is 2.14. The summed E-state index contributed by atoms with van der Waals surface area (Å²) in [5.74, 6) is 0.0197. The summed E-state index contributed by atoms with van der Waals surface area (Å²) >= 11 is 4.93. The van der Waals surface area contributed by atoms with Crippen molar-refractivity contribution in [3.63, 3.8) is 0 Å². The summed E-state index contributed by atoms with van der Waals surface area (Å²) in [5.41, 5.74) is 1.11. The number of carbonyl (C=O) groups excluding carboxylic acids is 1. The van der Waals surface area contributed by atoms with Gasteiger partial charge in [0, 0.05) is 25.2 Å². The molecular weight excluding hydrogens is 324 g/mol. The van der Waals surface area contributed by atoms with Crippen LogP contribution in [0.3, 0.4) is 0 Å². The number of aryl methyl sites for hydroxylation is 1. The first-order valence-electron chi connectivity index (χ1n) is 6.62. The maximum absolute atomic E-state index is 12.0. The Labute approximate surface area is 128 Å². The number of rotatable bonds is 6. The zero-order valence-corrected chi connectivity index (χ0v) is 14.7. The third-order valence-electron chi connectivity index (χ3n) is 3.06. The van der Waals surface area contributed by atoms with E-state index in [1.54, 1.807) is 0 Å². The number of thiophene rings is 1. The molecule has 0 fully saturated rings. The third-order valence-corrected chi connectivity index (χ3v) is 5.20. The molecule has 1 aromatic rings. The number of carbonyl (C=O) groups is 1. The Balaban J connectivity index is 2.46. The maximum Gasteiger partial charge on any atom is 0.261 e. The highest BCUT2D eigenvalue weighted by atomic mass is 79.9. The average Bonchev–Trinajstić information content (AvgIpc) is 2.64. The van der Waals surface area contributed by atoms with Crippen molar-refractivity contribution in [2.75, 3.05) is 13.1 Å². The zero-order chi connectivity index (χ0) is 14.6. The molecule has 0 aliphatic rings. The van der Waals surface area contributed by atoms with Gasteiger partial charge in [0.05, 0.1) is 8.66 Å². The fraction of sp³-hybridized carbons (Fsp3) is 0.643. The van der Waals surface area contributed by atoms with Crippen molar-refractivity contribution in [1.82, 2.24) is 10.2 Å². The van der Waals surface area contributed by atoms with Gasteiger partial charge < -0.3 is 5.32 Å². The summed E-state index contributed by atoms with van der Waals surface area (Å²) in [6.45, 7) is 12.3. The van der Waals surface area contributed by atoms with Crippen LogP contribution in [0.1, 0.15) is 42.9 Å². The smallest absolute Gasteiger partial charge is 0.261 e. The second-order valence-electron chi connectivity index (χ2n) is 5.25. The van der Waals surface area contributed by atoms with Gasteiger partial charge >= 0.3 is 0 Å². The summed E-state index contributed by atoms with van der Waals surface area (Å²) in [5, 5.41) is 2.99. The van der Waals surface area contributed by atoms with Gasteiger partial charge in [-0.3, -0.25) is 9.69 Å². The molecule has 1 amide bonds. The van der Waals surface area contributed by atoms with Gasteiger partial charge in [-0.25, -0.2) is 0 Å². The summed E-state index contributed by atoms with van der Waals surface area (Å²) < 4.78 is 1.03. The Hall–Kier alpha value is -0.390. The van der Waals surface area contributed by atoms with Crippen molar-refractivity contribution >= 4 is 33.2 Å². The lowest BCUT2D eigenvalue weighted by molar-refractivity contribution is 0.0943. The molecule has 19 heavy (non-hydrogen) atoms. The molecule has 0 unspecified atom stereocenters. The van der Waals surface area contributed by atoms with E-state index in [2.05, 4.69) is 53.8 Å². The topological polar surface area (TPSA) is 32.3 Å². The SMILES string of the molecule is Cc1cc(C(=O)NCCN(C(C)C)C(C)C)sc1Br. The van der Waals surface area contributed by atoms with E-state index in [-0.39, 0.29) is 5.91 Å². The van der Waals surface area contributed by atoms with Crippen LogP contribution in [0.25, 0.3) is 0 Å². The Morgan fingerprint density at radius 3 is 2.37 bits per heavy atom. The number of nitrogens with zero attached hydrogens (tertiary/aromatic N) is 1. The number of hydrogen-bond donors (Lipinski definition) is 1. The Morgan fingerprint density at radius 2 is 1.95 bits per heavy atom. The van der Waals surface area contributed by atoms with Crippen LogP contribution in [0.2, 0.25) is 0 Å². The molecule has 0 aliphatic carbocycles. The predicted molar refractivity (Wildman–Crippen MR) is 86.1 cm³/mol. The minimum atomic E-state index is 0.0197. The second-order valence-corrected chi connectivity index (χ2v) is 7.62. The molecule has 0 aliphatic heterocycles. The monoisotopic (exact) mass is 346 g/mol. The molecule has 0 saturated heterocycles. The highest BCUT2D eigenvalue weighted by Crippen LogP contribution is 2.27. The van der Waals surface area contributed by atoms with Crippen LogP contribution in [0.5, 0.6) is 0 Å².